The third-order valence-corrected chi connectivity index (χ3v) is 6.88. The van der Waals surface area contributed by atoms with Crippen LogP contribution in [0, 0.1) is 0 Å². The molecule has 0 spiro atoms. The van der Waals surface area contributed by atoms with Crippen molar-refractivity contribution in [2.75, 3.05) is 44.4 Å². The summed E-state index contributed by atoms with van der Waals surface area (Å²) in [6, 6.07) is 8.26. The Hall–Kier alpha value is -1.88. The van der Waals surface area contributed by atoms with Crippen molar-refractivity contribution >= 4 is 27.6 Å². The monoisotopic (exact) mass is 424 g/mol. The van der Waals surface area contributed by atoms with Gasteiger partial charge in [0.25, 0.3) is 0 Å². The van der Waals surface area contributed by atoms with Gasteiger partial charge in [-0.1, -0.05) is 18.7 Å². The number of rotatable bonds is 8. The van der Waals surface area contributed by atoms with E-state index in [-0.39, 0.29) is 4.90 Å². The van der Waals surface area contributed by atoms with Crippen molar-refractivity contribution in [2.45, 2.75) is 23.4 Å². The van der Waals surface area contributed by atoms with E-state index in [0.717, 1.165) is 12.1 Å². The molecule has 0 aliphatic carbocycles. The van der Waals surface area contributed by atoms with E-state index in [2.05, 4.69) is 9.97 Å². The van der Waals surface area contributed by atoms with Gasteiger partial charge < -0.3 is 15.2 Å². The largest absolute Gasteiger partial charge is 0.493 e. The van der Waals surface area contributed by atoms with E-state index in [1.807, 2.05) is 6.92 Å². The molecule has 28 heavy (non-hydrogen) atoms. The first kappa shape index (κ1) is 20.8. The Bertz CT molecular complexity index is 885. The van der Waals surface area contributed by atoms with E-state index in [0.29, 0.717) is 55.4 Å². The van der Waals surface area contributed by atoms with Crippen molar-refractivity contribution in [1.29, 1.82) is 0 Å². The van der Waals surface area contributed by atoms with Gasteiger partial charge in [-0.3, -0.25) is 0 Å². The summed E-state index contributed by atoms with van der Waals surface area (Å²) in [5.74, 6) is 1.73. The first-order chi connectivity index (χ1) is 13.5. The number of thioether (sulfide) groups is 1. The van der Waals surface area contributed by atoms with Crippen LogP contribution in [0.4, 0.5) is 5.82 Å². The van der Waals surface area contributed by atoms with Crippen LogP contribution in [0.15, 0.2) is 40.4 Å². The van der Waals surface area contributed by atoms with Crippen molar-refractivity contribution in [2.24, 2.45) is 0 Å². The average molecular weight is 425 g/mol. The molecule has 2 aromatic rings. The van der Waals surface area contributed by atoms with Crippen LogP contribution in [0.3, 0.4) is 0 Å². The first-order valence-corrected chi connectivity index (χ1v) is 11.5. The summed E-state index contributed by atoms with van der Waals surface area (Å²) in [5, 5.41) is 0.632. The quantitative estimate of drug-likeness (QED) is 0.388. The van der Waals surface area contributed by atoms with Crippen LogP contribution in [0.1, 0.15) is 12.6 Å². The molecule has 0 atom stereocenters. The number of nitrogens with zero attached hydrogens (tertiary/aromatic N) is 3. The number of hydrogen-bond donors (Lipinski definition) is 1. The predicted molar refractivity (Wildman–Crippen MR) is 108 cm³/mol. The van der Waals surface area contributed by atoms with Gasteiger partial charge in [0.15, 0.2) is 5.16 Å². The minimum absolute atomic E-state index is 0.261. The zero-order valence-electron chi connectivity index (χ0n) is 15.7. The van der Waals surface area contributed by atoms with Crippen molar-refractivity contribution in [3.05, 3.63) is 36.0 Å². The number of morpholine rings is 1. The molecule has 1 fully saturated rings. The zero-order valence-corrected chi connectivity index (χ0v) is 17.3. The van der Waals surface area contributed by atoms with Gasteiger partial charge >= 0.3 is 0 Å². The second kappa shape index (κ2) is 9.55. The molecular formula is C18H24N4O4S2. The molecule has 1 aromatic carbocycles. The molecule has 0 bridgehead atoms. The molecule has 0 unspecified atom stereocenters. The molecule has 1 saturated heterocycles. The van der Waals surface area contributed by atoms with Gasteiger partial charge in [0.1, 0.15) is 11.6 Å². The second-order valence-electron chi connectivity index (χ2n) is 6.11. The van der Waals surface area contributed by atoms with E-state index >= 15 is 0 Å². The van der Waals surface area contributed by atoms with Crippen LogP contribution in [0.5, 0.6) is 5.75 Å². The second-order valence-corrected chi connectivity index (χ2v) is 9.11. The van der Waals surface area contributed by atoms with Gasteiger partial charge in [0, 0.05) is 30.6 Å². The number of hydrogen-bond acceptors (Lipinski definition) is 8. The number of nitrogen functional groups attached to an aromatic ring is 1. The van der Waals surface area contributed by atoms with Crippen LogP contribution in [-0.2, 0) is 21.2 Å². The van der Waals surface area contributed by atoms with Crippen molar-refractivity contribution in [3.63, 3.8) is 0 Å². The van der Waals surface area contributed by atoms with Crippen molar-refractivity contribution in [1.82, 2.24) is 14.3 Å². The molecule has 3 rings (SSSR count). The van der Waals surface area contributed by atoms with E-state index in [9.17, 15) is 8.42 Å². The third-order valence-electron chi connectivity index (χ3n) is 4.16. The molecule has 1 aliphatic heterocycles. The molecular weight excluding hydrogens is 400 g/mol. The normalized spacial score (nSPS) is 15.5. The number of ether oxygens (including phenoxy) is 2. The lowest BCUT2D eigenvalue weighted by Gasteiger charge is -2.26. The molecule has 1 aromatic heterocycles. The predicted octanol–water partition coefficient (Wildman–Crippen LogP) is 1.81. The van der Waals surface area contributed by atoms with Crippen LogP contribution >= 0.6 is 11.8 Å². The fraction of sp³-hybridized carbons (Fsp3) is 0.444. The highest BCUT2D eigenvalue weighted by Gasteiger charge is 2.26. The van der Waals surface area contributed by atoms with Gasteiger partial charge in [-0.2, -0.15) is 4.31 Å². The number of aromatic nitrogens is 2. The maximum Gasteiger partial charge on any atom is 0.243 e. The summed E-state index contributed by atoms with van der Waals surface area (Å²) in [4.78, 5) is 8.88. The van der Waals surface area contributed by atoms with E-state index in [4.69, 9.17) is 15.2 Å². The fourth-order valence-electron chi connectivity index (χ4n) is 2.68. The Labute approximate surface area is 169 Å². The van der Waals surface area contributed by atoms with Gasteiger partial charge in [0.05, 0.1) is 24.7 Å². The maximum absolute atomic E-state index is 12.6. The third kappa shape index (κ3) is 5.34. The Balaban J connectivity index is 1.51. The topological polar surface area (TPSA) is 108 Å². The SMILES string of the molecule is CCc1cc(N)nc(SCCOc2ccc(S(=O)(=O)N3CCOCC3)cc2)n1. The summed E-state index contributed by atoms with van der Waals surface area (Å²) in [6.45, 7) is 4.07. The Morgan fingerprint density at radius 1 is 1.21 bits per heavy atom. The van der Waals surface area contributed by atoms with Crippen molar-refractivity contribution in [3.8, 4) is 5.75 Å². The summed E-state index contributed by atoms with van der Waals surface area (Å²) < 4.78 is 37.5. The van der Waals surface area contributed by atoms with Crippen LogP contribution < -0.4 is 10.5 Å². The minimum Gasteiger partial charge on any atom is -0.493 e. The van der Waals surface area contributed by atoms with Crippen LogP contribution in [0.25, 0.3) is 0 Å². The molecule has 8 nitrogen and oxygen atoms in total. The van der Waals surface area contributed by atoms with E-state index in [1.165, 1.54) is 16.1 Å². The lowest BCUT2D eigenvalue weighted by Crippen LogP contribution is -2.40. The number of sulfonamides is 1. The number of anilines is 1. The van der Waals surface area contributed by atoms with E-state index < -0.39 is 10.0 Å². The van der Waals surface area contributed by atoms with Crippen LogP contribution in [0.2, 0.25) is 0 Å². The lowest BCUT2D eigenvalue weighted by molar-refractivity contribution is 0.0730. The summed E-state index contributed by atoms with van der Waals surface area (Å²) in [5.41, 5.74) is 6.69. The average Bonchev–Trinajstić information content (AvgIpc) is 2.72. The smallest absolute Gasteiger partial charge is 0.243 e. The standard InChI is InChI=1S/C18H24N4O4S2/c1-2-14-13-17(19)21-18(20-14)27-12-11-26-15-3-5-16(6-4-15)28(23,24)22-7-9-25-10-8-22/h3-6,13H,2,7-12H2,1H3,(H2,19,20,21). The van der Waals surface area contributed by atoms with Gasteiger partial charge in [-0.25, -0.2) is 18.4 Å². The minimum atomic E-state index is -3.49. The highest BCUT2D eigenvalue weighted by Crippen LogP contribution is 2.21. The molecule has 0 radical (unpaired) electrons. The fourth-order valence-corrected chi connectivity index (χ4v) is 4.78. The van der Waals surface area contributed by atoms with E-state index in [1.54, 1.807) is 30.3 Å². The Morgan fingerprint density at radius 3 is 2.61 bits per heavy atom. The lowest BCUT2D eigenvalue weighted by atomic mass is 10.3. The summed E-state index contributed by atoms with van der Waals surface area (Å²) in [7, 11) is -3.49. The molecule has 1 aliphatic rings. The first-order valence-electron chi connectivity index (χ1n) is 9.06. The van der Waals surface area contributed by atoms with Crippen molar-refractivity contribution < 1.29 is 17.9 Å². The molecule has 0 saturated carbocycles. The molecule has 2 N–H and O–H groups in total. The summed E-state index contributed by atoms with van der Waals surface area (Å²) in [6.07, 6.45) is 0.802. The number of aryl methyl sites for hydroxylation is 1. The van der Waals surface area contributed by atoms with Gasteiger partial charge in [-0.15, -0.1) is 0 Å². The maximum atomic E-state index is 12.6. The highest BCUT2D eigenvalue weighted by atomic mass is 32.2. The molecule has 2 heterocycles. The van der Waals surface area contributed by atoms with Gasteiger partial charge in [-0.05, 0) is 30.7 Å². The molecule has 10 heteroatoms. The van der Waals surface area contributed by atoms with Crippen LogP contribution in [-0.4, -0.2) is 61.4 Å². The molecule has 0 amide bonds. The Kier molecular flexibility index (Phi) is 7.11. The number of nitrogens with two attached hydrogens (primary N) is 1. The Morgan fingerprint density at radius 2 is 1.93 bits per heavy atom. The highest BCUT2D eigenvalue weighted by molar-refractivity contribution is 7.99. The van der Waals surface area contributed by atoms with Gasteiger partial charge in [0.2, 0.25) is 10.0 Å². The summed E-state index contributed by atoms with van der Waals surface area (Å²) >= 11 is 1.47. The molecule has 152 valence electrons. The number of benzene rings is 1. The zero-order chi connectivity index (χ0) is 20.0.